The zero-order valence-corrected chi connectivity index (χ0v) is 17.8. The van der Waals surface area contributed by atoms with Gasteiger partial charge in [-0.1, -0.05) is 13.0 Å². The number of carbonyl (C=O) groups excluding carboxylic acids is 1. The third-order valence-electron chi connectivity index (χ3n) is 6.10. The fourth-order valence-corrected chi connectivity index (χ4v) is 4.35. The van der Waals surface area contributed by atoms with E-state index in [1.807, 2.05) is 0 Å². The van der Waals surface area contributed by atoms with Gasteiger partial charge in [-0.05, 0) is 36.6 Å². The van der Waals surface area contributed by atoms with Gasteiger partial charge in [0.25, 0.3) is 5.95 Å². The largest absolute Gasteiger partial charge is 0.491 e. The van der Waals surface area contributed by atoms with E-state index in [-0.39, 0.29) is 17.6 Å². The average molecular weight is 465 g/mol. The van der Waals surface area contributed by atoms with Crippen molar-refractivity contribution in [3.63, 3.8) is 0 Å². The molecule has 0 spiro atoms. The van der Waals surface area contributed by atoms with E-state index in [0.29, 0.717) is 35.0 Å². The predicted molar refractivity (Wildman–Crippen MR) is 108 cm³/mol. The third-order valence-corrected chi connectivity index (χ3v) is 6.10. The van der Waals surface area contributed by atoms with Crippen molar-refractivity contribution in [3.8, 4) is 11.7 Å². The molecule has 0 unspecified atom stereocenters. The number of benzene rings is 1. The molecular formula is C21H22F3N5O4. The lowest BCUT2D eigenvalue weighted by atomic mass is 9.94. The summed E-state index contributed by atoms with van der Waals surface area (Å²) in [4.78, 5) is 18.3. The highest BCUT2D eigenvalue weighted by molar-refractivity contribution is 5.92. The number of ether oxygens (including phenoxy) is 2. The SMILES string of the molecule is CCc1nn(-c2noc(C3CN(C4CCOCC4)C3)n2)c2cccc(OC(=O)C(F)(F)F)c12. The molecule has 2 aromatic heterocycles. The van der Waals surface area contributed by atoms with Crippen molar-refractivity contribution in [3.05, 3.63) is 29.8 Å². The van der Waals surface area contributed by atoms with Crippen LogP contribution in [0.2, 0.25) is 0 Å². The molecule has 0 radical (unpaired) electrons. The van der Waals surface area contributed by atoms with Crippen LogP contribution in [-0.4, -0.2) is 69.3 Å². The molecule has 0 aliphatic carbocycles. The second kappa shape index (κ2) is 8.41. The molecule has 176 valence electrons. The lowest BCUT2D eigenvalue weighted by molar-refractivity contribution is -0.189. The lowest BCUT2D eigenvalue weighted by Gasteiger charge is -2.44. The number of halogens is 3. The standard InChI is InChI=1S/C21H22F3N5O4/c1-2-14-17-15(4-3-5-16(17)32-19(30)21(22,23)24)29(26-14)20-25-18(33-27-20)12-10-28(11-12)13-6-8-31-9-7-13/h3-5,12-13H,2,6-11H2,1H3. The number of aryl methyl sites for hydroxylation is 1. The summed E-state index contributed by atoms with van der Waals surface area (Å²) < 4.78 is 55.1. The number of rotatable bonds is 5. The fraction of sp³-hybridized carbons (Fsp3) is 0.524. The maximum Gasteiger partial charge on any atom is 0.491 e. The molecule has 2 saturated heterocycles. The maximum atomic E-state index is 12.7. The van der Waals surface area contributed by atoms with Crippen LogP contribution in [0.15, 0.2) is 22.7 Å². The summed E-state index contributed by atoms with van der Waals surface area (Å²) in [5, 5.41) is 8.79. The first-order chi connectivity index (χ1) is 15.8. The molecule has 12 heteroatoms. The van der Waals surface area contributed by atoms with E-state index in [9.17, 15) is 18.0 Å². The van der Waals surface area contributed by atoms with Crippen LogP contribution in [0.5, 0.6) is 5.75 Å². The monoisotopic (exact) mass is 465 g/mol. The molecule has 1 aromatic carbocycles. The highest BCUT2D eigenvalue weighted by Gasteiger charge is 2.42. The number of esters is 1. The van der Waals surface area contributed by atoms with Gasteiger partial charge in [-0.15, -0.1) is 0 Å². The van der Waals surface area contributed by atoms with Gasteiger partial charge in [0, 0.05) is 32.3 Å². The van der Waals surface area contributed by atoms with Crippen LogP contribution >= 0.6 is 0 Å². The van der Waals surface area contributed by atoms with Gasteiger partial charge in [0.15, 0.2) is 0 Å². The number of nitrogens with zero attached hydrogens (tertiary/aromatic N) is 5. The zero-order chi connectivity index (χ0) is 23.2. The van der Waals surface area contributed by atoms with Crippen molar-refractivity contribution < 1.29 is 32.0 Å². The van der Waals surface area contributed by atoms with Crippen molar-refractivity contribution in [2.75, 3.05) is 26.3 Å². The molecule has 0 amide bonds. The highest BCUT2D eigenvalue weighted by Crippen LogP contribution is 2.34. The Balaban J connectivity index is 1.39. The van der Waals surface area contributed by atoms with E-state index in [0.717, 1.165) is 39.1 Å². The van der Waals surface area contributed by atoms with Gasteiger partial charge in [-0.2, -0.15) is 27.9 Å². The van der Waals surface area contributed by atoms with Crippen LogP contribution < -0.4 is 4.74 Å². The summed E-state index contributed by atoms with van der Waals surface area (Å²) in [5.74, 6) is -1.71. The molecule has 0 saturated carbocycles. The van der Waals surface area contributed by atoms with Gasteiger partial charge in [-0.3, -0.25) is 4.90 Å². The first-order valence-electron chi connectivity index (χ1n) is 10.8. The third kappa shape index (κ3) is 4.08. The van der Waals surface area contributed by atoms with Gasteiger partial charge in [0.1, 0.15) is 5.75 Å². The van der Waals surface area contributed by atoms with Crippen molar-refractivity contribution in [1.82, 2.24) is 24.8 Å². The molecule has 2 aliphatic heterocycles. The van der Waals surface area contributed by atoms with E-state index >= 15 is 0 Å². The van der Waals surface area contributed by atoms with Gasteiger partial charge in [0.2, 0.25) is 5.89 Å². The summed E-state index contributed by atoms with van der Waals surface area (Å²) in [7, 11) is 0. The van der Waals surface area contributed by atoms with Crippen LogP contribution in [0, 0.1) is 0 Å². The number of hydrogen-bond acceptors (Lipinski definition) is 8. The van der Waals surface area contributed by atoms with Crippen LogP contribution in [0.3, 0.4) is 0 Å². The lowest BCUT2D eigenvalue weighted by Crippen LogP contribution is -2.52. The summed E-state index contributed by atoms with van der Waals surface area (Å²) in [6.07, 6.45) is -2.67. The maximum absolute atomic E-state index is 12.7. The van der Waals surface area contributed by atoms with Gasteiger partial charge in [0.05, 0.1) is 22.5 Å². The topological polar surface area (TPSA) is 95.5 Å². The van der Waals surface area contributed by atoms with E-state index in [4.69, 9.17) is 9.26 Å². The van der Waals surface area contributed by atoms with Crippen molar-refractivity contribution in [2.45, 2.75) is 44.3 Å². The fourth-order valence-electron chi connectivity index (χ4n) is 4.35. The normalized spacial score (nSPS) is 18.5. The minimum atomic E-state index is -5.10. The Bertz CT molecular complexity index is 1160. The Morgan fingerprint density at radius 1 is 1.24 bits per heavy atom. The Kier molecular flexibility index (Phi) is 5.57. The molecule has 2 fully saturated rings. The Morgan fingerprint density at radius 3 is 2.70 bits per heavy atom. The number of carbonyl (C=O) groups is 1. The molecule has 0 N–H and O–H groups in total. The Morgan fingerprint density at radius 2 is 2.00 bits per heavy atom. The summed E-state index contributed by atoms with van der Waals surface area (Å²) in [6.45, 7) is 5.01. The minimum absolute atomic E-state index is 0.116. The van der Waals surface area contributed by atoms with Crippen LogP contribution in [0.25, 0.3) is 16.9 Å². The molecule has 5 rings (SSSR count). The Hall–Kier alpha value is -2.99. The summed E-state index contributed by atoms with van der Waals surface area (Å²) >= 11 is 0. The van der Waals surface area contributed by atoms with Crippen molar-refractivity contribution in [2.24, 2.45) is 0 Å². The van der Waals surface area contributed by atoms with E-state index in [2.05, 4.69) is 24.9 Å². The number of fused-ring (bicyclic) bond motifs is 1. The van der Waals surface area contributed by atoms with Crippen LogP contribution in [0.1, 0.15) is 37.3 Å². The summed E-state index contributed by atoms with van der Waals surface area (Å²) in [5.41, 5.74) is 0.875. The zero-order valence-electron chi connectivity index (χ0n) is 17.8. The van der Waals surface area contributed by atoms with Crippen LogP contribution in [0.4, 0.5) is 13.2 Å². The molecule has 4 heterocycles. The molecular weight excluding hydrogens is 443 g/mol. The predicted octanol–water partition coefficient (Wildman–Crippen LogP) is 3.02. The molecule has 2 aliphatic rings. The first kappa shape index (κ1) is 21.8. The summed E-state index contributed by atoms with van der Waals surface area (Å²) in [6, 6.07) is 4.95. The number of hydrogen-bond donors (Lipinski definition) is 0. The van der Waals surface area contributed by atoms with Crippen molar-refractivity contribution in [1.29, 1.82) is 0 Å². The van der Waals surface area contributed by atoms with E-state index in [1.165, 1.54) is 16.8 Å². The van der Waals surface area contributed by atoms with Crippen LogP contribution in [-0.2, 0) is 16.0 Å². The number of alkyl halides is 3. The van der Waals surface area contributed by atoms with E-state index in [1.54, 1.807) is 13.0 Å². The second-order valence-electron chi connectivity index (χ2n) is 8.18. The quantitative estimate of drug-likeness (QED) is 0.419. The molecule has 33 heavy (non-hydrogen) atoms. The first-order valence-corrected chi connectivity index (χ1v) is 10.8. The van der Waals surface area contributed by atoms with Gasteiger partial charge >= 0.3 is 12.1 Å². The van der Waals surface area contributed by atoms with Crippen molar-refractivity contribution >= 4 is 16.9 Å². The average Bonchev–Trinajstić information content (AvgIpc) is 3.38. The molecule has 0 bridgehead atoms. The second-order valence-corrected chi connectivity index (χ2v) is 8.18. The molecule has 0 atom stereocenters. The number of aromatic nitrogens is 4. The Labute approximate surface area is 186 Å². The van der Waals surface area contributed by atoms with Gasteiger partial charge < -0.3 is 14.0 Å². The minimum Gasteiger partial charge on any atom is -0.419 e. The van der Waals surface area contributed by atoms with E-state index < -0.39 is 12.1 Å². The smallest absolute Gasteiger partial charge is 0.419 e. The highest BCUT2D eigenvalue weighted by atomic mass is 19.4. The number of likely N-dealkylation sites (tertiary alicyclic amines) is 1. The molecule has 9 nitrogen and oxygen atoms in total. The molecule has 3 aromatic rings. The van der Waals surface area contributed by atoms with Gasteiger partial charge in [-0.25, -0.2) is 4.79 Å².